The molecule has 1 atom stereocenters. The number of sulfonamides is 1. The molecule has 0 unspecified atom stereocenters. The third-order valence-corrected chi connectivity index (χ3v) is 5.50. The second kappa shape index (κ2) is 7.01. The van der Waals surface area contributed by atoms with Gasteiger partial charge in [0.1, 0.15) is 13.2 Å². The van der Waals surface area contributed by atoms with Crippen molar-refractivity contribution in [2.45, 2.75) is 18.7 Å². The average Bonchev–Trinajstić information content (AvgIpc) is 2.56. The molecular weight excluding hydrogens is 350 g/mol. The van der Waals surface area contributed by atoms with Crippen LogP contribution in [0.1, 0.15) is 24.1 Å². The summed E-state index contributed by atoms with van der Waals surface area (Å²) in [5, 5.41) is 0.440. The summed E-state index contributed by atoms with van der Waals surface area (Å²) in [7, 11) is -3.53. The fraction of sp³-hybridized carbons (Fsp3) is 0.294. The van der Waals surface area contributed by atoms with Gasteiger partial charge in [-0.25, -0.2) is 13.1 Å². The van der Waals surface area contributed by atoms with Crippen LogP contribution in [0.3, 0.4) is 0 Å². The first-order valence-corrected chi connectivity index (χ1v) is 9.60. The average molecular weight is 368 g/mol. The highest BCUT2D eigenvalue weighted by Crippen LogP contribution is 2.32. The minimum Gasteiger partial charge on any atom is -0.486 e. The van der Waals surface area contributed by atoms with E-state index < -0.39 is 16.1 Å². The Morgan fingerprint density at radius 3 is 2.58 bits per heavy atom. The Morgan fingerprint density at radius 1 is 1.12 bits per heavy atom. The lowest BCUT2D eigenvalue weighted by Crippen LogP contribution is -2.28. The number of benzene rings is 2. The molecule has 0 spiro atoms. The molecule has 2 aromatic rings. The summed E-state index contributed by atoms with van der Waals surface area (Å²) >= 11 is 6.04. The van der Waals surface area contributed by atoms with E-state index in [1.165, 1.54) is 0 Å². The zero-order valence-electron chi connectivity index (χ0n) is 13.2. The first-order valence-electron chi connectivity index (χ1n) is 7.57. The maximum Gasteiger partial charge on any atom is 0.216 e. The van der Waals surface area contributed by atoms with Crippen LogP contribution in [0.2, 0.25) is 5.02 Å². The number of hydrogen-bond donors (Lipinski definition) is 1. The Kier molecular flexibility index (Phi) is 4.99. The van der Waals surface area contributed by atoms with Crippen molar-refractivity contribution in [2.24, 2.45) is 0 Å². The number of nitrogens with one attached hydrogen (secondary N) is 1. The molecular formula is C17H18ClNO4S. The van der Waals surface area contributed by atoms with Crippen molar-refractivity contribution in [3.8, 4) is 11.5 Å². The van der Waals surface area contributed by atoms with Gasteiger partial charge in [0, 0.05) is 11.1 Å². The van der Waals surface area contributed by atoms with Crippen LogP contribution in [0.5, 0.6) is 11.5 Å². The second-order valence-corrected chi connectivity index (χ2v) is 7.75. The highest BCUT2D eigenvalue weighted by atomic mass is 35.5. The van der Waals surface area contributed by atoms with Gasteiger partial charge in [-0.15, -0.1) is 0 Å². The highest BCUT2D eigenvalue weighted by molar-refractivity contribution is 7.88. The van der Waals surface area contributed by atoms with Crippen LogP contribution in [-0.2, 0) is 15.8 Å². The van der Waals surface area contributed by atoms with E-state index in [0.29, 0.717) is 35.3 Å². The van der Waals surface area contributed by atoms with Gasteiger partial charge < -0.3 is 9.47 Å². The first kappa shape index (κ1) is 17.1. The van der Waals surface area contributed by atoms with E-state index >= 15 is 0 Å². The molecule has 0 radical (unpaired) electrons. The van der Waals surface area contributed by atoms with Crippen molar-refractivity contribution in [1.82, 2.24) is 4.72 Å². The van der Waals surface area contributed by atoms with Crippen LogP contribution in [-0.4, -0.2) is 21.6 Å². The predicted molar refractivity (Wildman–Crippen MR) is 93.1 cm³/mol. The molecule has 0 fully saturated rings. The molecule has 3 rings (SSSR count). The molecule has 0 aromatic heterocycles. The molecule has 0 amide bonds. The summed E-state index contributed by atoms with van der Waals surface area (Å²) in [5.41, 5.74) is 1.38. The van der Waals surface area contributed by atoms with Crippen molar-refractivity contribution >= 4 is 21.6 Å². The summed E-state index contributed by atoms with van der Waals surface area (Å²) in [4.78, 5) is 0. The molecule has 0 aliphatic carbocycles. The van der Waals surface area contributed by atoms with Gasteiger partial charge in [-0.05, 0) is 36.2 Å². The topological polar surface area (TPSA) is 64.6 Å². The minimum absolute atomic E-state index is 0.165. The summed E-state index contributed by atoms with van der Waals surface area (Å²) in [6.45, 7) is 2.80. The number of fused-ring (bicyclic) bond motifs is 1. The van der Waals surface area contributed by atoms with E-state index in [9.17, 15) is 8.42 Å². The molecule has 0 saturated carbocycles. The first-order chi connectivity index (χ1) is 11.4. The normalized spacial score (nSPS) is 15.1. The third-order valence-electron chi connectivity index (χ3n) is 3.73. The fourth-order valence-electron chi connectivity index (χ4n) is 2.53. The summed E-state index contributed by atoms with van der Waals surface area (Å²) in [6.07, 6.45) is 0. The van der Waals surface area contributed by atoms with E-state index in [4.69, 9.17) is 21.1 Å². The maximum atomic E-state index is 12.4. The Morgan fingerprint density at radius 2 is 1.83 bits per heavy atom. The Labute approximate surface area is 146 Å². The van der Waals surface area contributed by atoms with Crippen molar-refractivity contribution in [3.63, 3.8) is 0 Å². The lowest BCUT2D eigenvalue weighted by atomic mass is 10.1. The van der Waals surface area contributed by atoms with Gasteiger partial charge >= 0.3 is 0 Å². The molecule has 128 valence electrons. The van der Waals surface area contributed by atoms with Gasteiger partial charge in [-0.2, -0.15) is 0 Å². The molecule has 5 nitrogen and oxygen atoms in total. The Balaban J connectivity index is 1.74. The lowest BCUT2D eigenvalue weighted by molar-refractivity contribution is 0.171. The highest BCUT2D eigenvalue weighted by Gasteiger charge is 2.20. The zero-order chi connectivity index (χ0) is 17.2. The molecule has 0 bridgehead atoms. The molecule has 2 aromatic carbocycles. The zero-order valence-corrected chi connectivity index (χ0v) is 14.7. The van der Waals surface area contributed by atoms with Crippen molar-refractivity contribution in [3.05, 3.63) is 58.6 Å². The molecule has 0 saturated heterocycles. The van der Waals surface area contributed by atoms with E-state index in [1.807, 2.05) is 6.07 Å². The van der Waals surface area contributed by atoms with E-state index in [1.54, 1.807) is 43.3 Å². The van der Waals surface area contributed by atoms with Gasteiger partial charge in [0.25, 0.3) is 0 Å². The molecule has 1 aliphatic heterocycles. The summed E-state index contributed by atoms with van der Waals surface area (Å²) in [5.74, 6) is 1.15. The molecule has 1 aliphatic rings. The van der Waals surface area contributed by atoms with Crippen molar-refractivity contribution < 1.29 is 17.9 Å². The van der Waals surface area contributed by atoms with Crippen LogP contribution in [0.15, 0.2) is 42.5 Å². The van der Waals surface area contributed by atoms with Crippen LogP contribution < -0.4 is 14.2 Å². The molecule has 7 heteroatoms. The van der Waals surface area contributed by atoms with Crippen LogP contribution in [0.25, 0.3) is 0 Å². The van der Waals surface area contributed by atoms with Crippen LogP contribution in [0, 0.1) is 0 Å². The Hall–Kier alpha value is -1.76. The van der Waals surface area contributed by atoms with Crippen LogP contribution >= 0.6 is 11.6 Å². The standard InChI is InChI=1S/C17H18ClNO4S/c1-12(13-6-7-16-17(10-13)23-9-8-22-16)19-24(20,21)11-14-4-2-3-5-15(14)18/h2-7,10,12,19H,8-9,11H2,1H3/t12-/m0/s1. The van der Waals surface area contributed by atoms with Gasteiger partial charge in [0.05, 0.1) is 5.75 Å². The number of hydrogen-bond acceptors (Lipinski definition) is 4. The van der Waals surface area contributed by atoms with Gasteiger partial charge in [-0.3, -0.25) is 0 Å². The smallest absolute Gasteiger partial charge is 0.216 e. The van der Waals surface area contributed by atoms with Crippen molar-refractivity contribution in [2.75, 3.05) is 13.2 Å². The Bertz CT molecular complexity index is 838. The number of ether oxygens (including phenoxy) is 2. The lowest BCUT2D eigenvalue weighted by Gasteiger charge is -2.21. The number of rotatable bonds is 5. The van der Waals surface area contributed by atoms with E-state index in [2.05, 4.69) is 4.72 Å². The van der Waals surface area contributed by atoms with Gasteiger partial charge in [0.2, 0.25) is 10.0 Å². The SMILES string of the molecule is C[C@H](NS(=O)(=O)Cc1ccccc1Cl)c1ccc2c(c1)OCCO2. The molecule has 24 heavy (non-hydrogen) atoms. The molecule has 1 N–H and O–H groups in total. The monoisotopic (exact) mass is 367 g/mol. The van der Waals surface area contributed by atoms with E-state index in [0.717, 1.165) is 5.56 Å². The minimum atomic E-state index is -3.53. The largest absolute Gasteiger partial charge is 0.486 e. The van der Waals surface area contributed by atoms with Gasteiger partial charge in [-0.1, -0.05) is 35.9 Å². The van der Waals surface area contributed by atoms with Crippen LogP contribution in [0.4, 0.5) is 0 Å². The van der Waals surface area contributed by atoms with E-state index in [-0.39, 0.29) is 5.75 Å². The second-order valence-electron chi connectivity index (χ2n) is 5.59. The number of halogens is 1. The quantitative estimate of drug-likeness (QED) is 0.880. The summed E-state index contributed by atoms with van der Waals surface area (Å²) in [6, 6.07) is 11.9. The summed E-state index contributed by atoms with van der Waals surface area (Å²) < 4.78 is 38.5. The predicted octanol–water partition coefficient (Wildman–Crippen LogP) is 3.29. The molecule has 1 heterocycles. The van der Waals surface area contributed by atoms with Gasteiger partial charge in [0.15, 0.2) is 11.5 Å². The third kappa shape index (κ3) is 4.01. The maximum absolute atomic E-state index is 12.4. The van der Waals surface area contributed by atoms with Crippen molar-refractivity contribution in [1.29, 1.82) is 0 Å². The fourth-order valence-corrected chi connectivity index (χ4v) is 4.23.